The molecule has 0 fully saturated rings. The molecule has 6 rings (SSSR count). The summed E-state index contributed by atoms with van der Waals surface area (Å²) >= 11 is 0. The minimum atomic E-state index is -0.220. The highest BCUT2D eigenvalue weighted by atomic mass is 16.5. The summed E-state index contributed by atoms with van der Waals surface area (Å²) in [6.07, 6.45) is 5.18. The SMILES string of the molecule is CN(C)c1ccc(-c2nc3c4c(ncn3n2)Oc2cc(O)ccc2[C@H]4c2cccnc2)cc1. The highest BCUT2D eigenvalue weighted by Crippen LogP contribution is 2.48. The van der Waals surface area contributed by atoms with Gasteiger partial charge in [-0.15, -0.1) is 5.10 Å². The van der Waals surface area contributed by atoms with Crippen LogP contribution >= 0.6 is 0 Å². The number of phenols is 1. The van der Waals surface area contributed by atoms with Gasteiger partial charge in [-0.2, -0.15) is 0 Å². The fourth-order valence-corrected chi connectivity index (χ4v) is 4.23. The maximum Gasteiger partial charge on any atom is 0.228 e. The number of nitrogens with zero attached hydrogens (tertiary/aromatic N) is 6. The average molecular weight is 436 g/mol. The predicted octanol–water partition coefficient (Wildman–Crippen LogP) is 4.24. The number of phenolic OH excluding ortho intramolecular Hbond substituents is 1. The maximum atomic E-state index is 10.0. The lowest BCUT2D eigenvalue weighted by Gasteiger charge is -2.27. The van der Waals surface area contributed by atoms with Crippen molar-refractivity contribution in [1.29, 1.82) is 0 Å². The molecule has 162 valence electrons. The van der Waals surface area contributed by atoms with Crippen molar-refractivity contribution in [3.8, 4) is 28.8 Å². The van der Waals surface area contributed by atoms with Gasteiger partial charge in [-0.05, 0) is 42.0 Å². The van der Waals surface area contributed by atoms with Crippen LogP contribution in [-0.4, -0.2) is 43.8 Å². The van der Waals surface area contributed by atoms with Gasteiger partial charge in [-0.25, -0.2) is 14.5 Å². The van der Waals surface area contributed by atoms with Gasteiger partial charge in [-0.3, -0.25) is 4.98 Å². The highest BCUT2D eigenvalue weighted by molar-refractivity contribution is 5.69. The van der Waals surface area contributed by atoms with Crippen LogP contribution in [0.15, 0.2) is 73.3 Å². The van der Waals surface area contributed by atoms with Crippen LogP contribution in [0.4, 0.5) is 5.69 Å². The van der Waals surface area contributed by atoms with E-state index in [1.807, 2.05) is 67.7 Å². The van der Waals surface area contributed by atoms with Crippen LogP contribution in [0.5, 0.6) is 17.4 Å². The van der Waals surface area contributed by atoms with Crippen molar-refractivity contribution >= 4 is 11.3 Å². The zero-order chi connectivity index (χ0) is 22.5. The van der Waals surface area contributed by atoms with Crippen molar-refractivity contribution in [2.75, 3.05) is 19.0 Å². The van der Waals surface area contributed by atoms with Crippen LogP contribution in [0.2, 0.25) is 0 Å². The van der Waals surface area contributed by atoms with Gasteiger partial charge in [0, 0.05) is 55.3 Å². The number of fused-ring (bicyclic) bond motifs is 4. The topological polar surface area (TPSA) is 88.7 Å². The van der Waals surface area contributed by atoms with Crippen LogP contribution in [0.3, 0.4) is 0 Å². The molecule has 0 saturated carbocycles. The molecule has 1 atom stereocenters. The predicted molar refractivity (Wildman–Crippen MR) is 124 cm³/mol. The fourth-order valence-electron chi connectivity index (χ4n) is 4.23. The lowest BCUT2D eigenvalue weighted by Crippen LogP contribution is -2.15. The van der Waals surface area contributed by atoms with Crippen molar-refractivity contribution in [2.24, 2.45) is 0 Å². The number of aromatic nitrogens is 5. The number of rotatable bonds is 3. The second-order valence-corrected chi connectivity index (χ2v) is 8.15. The summed E-state index contributed by atoms with van der Waals surface area (Å²) < 4.78 is 7.78. The normalized spacial score (nSPS) is 14.4. The molecule has 33 heavy (non-hydrogen) atoms. The summed E-state index contributed by atoms with van der Waals surface area (Å²) in [7, 11) is 4.01. The number of aromatic hydroxyl groups is 1. The minimum absolute atomic E-state index is 0.133. The van der Waals surface area contributed by atoms with E-state index in [0.717, 1.165) is 27.9 Å². The van der Waals surface area contributed by atoms with E-state index in [1.165, 1.54) is 0 Å². The third-order valence-corrected chi connectivity index (χ3v) is 5.85. The molecular formula is C25H20N6O2. The Labute approximate surface area is 189 Å². The Balaban J connectivity index is 1.55. The van der Waals surface area contributed by atoms with E-state index in [1.54, 1.807) is 29.2 Å². The average Bonchev–Trinajstić information content (AvgIpc) is 3.28. The Hall–Kier alpha value is -4.46. The molecule has 0 amide bonds. The first-order chi connectivity index (χ1) is 16.1. The van der Waals surface area contributed by atoms with E-state index in [9.17, 15) is 5.11 Å². The molecule has 0 spiro atoms. The zero-order valence-corrected chi connectivity index (χ0v) is 18.0. The molecule has 3 aromatic heterocycles. The highest BCUT2D eigenvalue weighted by Gasteiger charge is 2.33. The monoisotopic (exact) mass is 436 g/mol. The van der Waals surface area contributed by atoms with Gasteiger partial charge in [0.25, 0.3) is 0 Å². The lowest BCUT2D eigenvalue weighted by atomic mass is 9.84. The molecule has 0 aliphatic carbocycles. The van der Waals surface area contributed by atoms with Crippen molar-refractivity contribution in [2.45, 2.75) is 5.92 Å². The van der Waals surface area contributed by atoms with Crippen molar-refractivity contribution in [3.63, 3.8) is 0 Å². The summed E-state index contributed by atoms with van der Waals surface area (Å²) in [5, 5.41) is 14.7. The zero-order valence-electron chi connectivity index (χ0n) is 18.0. The first-order valence-corrected chi connectivity index (χ1v) is 10.5. The summed E-state index contributed by atoms with van der Waals surface area (Å²) in [5.74, 6) is 1.53. The quantitative estimate of drug-likeness (QED) is 0.444. The van der Waals surface area contributed by atoms with E-state index in [0.29, 0.717) is 23.1 Å². The third kappa shape index (κ3) is 3.15. The fraction of sp³-hybridized carbons (Fsp3) is 0.120. The molecule has 0 unspecified atom stereocenters. The number of hydrogen-bond acceptors (Lipinski definition) is 7. The van der Waals surface area contributed by atoms with Crippen LogP contribution in [-0.2, 0) is 0 Å². The van der Waals surface area contributed by atoms with Gasteiger partial charge in [0.05, 0.1) is 5.56 Å². The summed E-state index contributed by atoms with van der Waals surface area (Å²) in [4.78, 5) is 15.8. The lowest BCUT2D eigenvalue weighted by molar-refractivity contribution is 0.422. The van der Waals surface area contributed by atoms with Crippen LogP contribution in [0.1, 0.15) is 22.6 Å². The second-order valence-electron chi connectivity index (χ2n) is 8.15. The maximum absolute atomic E-state index is 10.0. The Morgan fingerprint density at radius 2 is 1.91 bits per heavy atom. The number of hydrogen-bond donors (Lipinski definition) is 1. The van der Waals surface area contributed by atoms with Crippen molar-refractivity contribution < 1.29 is 9.84 Å². The minimum Gasteiger partial charge on any atom is -0.508 e. The largest absolute Gasteiger partial charge is 0.508 e. The van der Waals surface area contributed by atoms with E-state index in [-0.39, 0.29) is 11.7 Å². The molecule has 1 aliphatic heterocycles. The molecule has 8 nitrogen and oxygen atoms in total. The van der Waals surface area contributed by atoms with Crippen molar-refractivity contribution in [1.82, 2.24) is 24.6 Å². The summed E-state index contributed by atoms with van der Waals surface area (Å²) in [6.45, 7) is 0. The Morgan fingerprint density at radius 1 is 1.06 bits per heavy atom. The van der Waals surface area contributed by atoms with Crippen LogP contribution < -0.4 is 9.64 Å². The molecule has 8 heteroatoms. The van der Waals surface area contributed by atoms with Gasteiger partial charge >= 0.3 is 0 Å². The molecule has 0 radical (unpaired) electrons. The molecular weight excluding hydrogens is 416 g/mol. The molecule has 0 bridgehead atoms. The van der Waals surface area contributed by atoms with Crippen molar-refractivity contribution in [3.05, 3.63) is 90.0 Å². The standard InChI is InChI=1S/C25H20N6O2/c1-30(2)17-7-5-15(6-8-17)23-28-24-22-21(16-4-3-11-26-13-16)19-10-9-18(32)12-20(19)33-25(22)27-14-31(24)29-23/h3-14,21,32H,1-2H3/t21-/m1/s1. The number of anilines is 1. The number of benzene rings is 2. The van der Waals surface area contributed by atoms with E-state index in [2.05, 4.69) is 15.1 Å². The summed E-state index contributed by atoms with van der Waals surface area (Å²) in [5.41, 5.74) is 5.38. The third-order valence-electron chi connectivity index (χ3n) is 5.85. The van der Waals surface area contributed by atoms with Gasteiger partial charge in [0.1, 0.15) is 17.8 Å². The van der Waals surface area contributed by atoms with Gasteiger partial charge in [0.2, 0.25) is 5.88 Å². The van der Waals surface area contributed by atoms with E-state index < -0.39 is 0 Å². The summed E-state index contributed by atoms with van der Waals surface area (Å²) in [6, 6.07) is 17.2. The first-order valence-electron chi connectivity index (χ1n) is 10.5. The Bertz CT molecular complexity index is 1480. The van der Waals surface area contributed by atoms with E-state index in [4.69, 9.17) is 9.72 Å². The molecule has 1 aliphatic rings. The van der Waals surface area contributed by atoms with Crippen LogP contribution in [0, 0.1) is 0 Å². The first kappa shape index (κ1) is 19.2. The molecule has 0 saturated heterocycles. The van der Waals surface area contributed by atoms with Crippen LogP contribution in [0.25, 0.3) is 17.0 Å². The number of pyridine rings is 1. The van der Waals surface area contributed by atoms with Gasteiger partial charge in [0.15, 0.2) is 11.5 Å². The number of ether oxygens (including phenoxy) is 1. The molecule has 4 heterocycles. The van der Waals surface area contributed by atoms with E-state index >= 15 is 0 Å². The molecule has 2 aromatic carbocycles. The van der Waals surface area contributed by atoms with Gasteiger partial charge in [-0.1, -0.05) is 12.1 Å². The molecule has 5 aromatic rings. The van der Waals surface area contributed by atoms with Gasteiger partial charge < -0.3 is 14.7 Å². The Kier molecular flexibility index (Phi) is 4.26. The smallest absolute Gasteiger partial charge is 0.228 e. The molecule has 1 N–H and O–H groups in total. The Morgan fingerprint density at radius 3 is 2.67 bits per heavy atom. The second kappa shape index (κ2) is 7.30.